The van der Waals surface area contributed by atoms with Gasteiger partial charge in [0.1, 0.15) is 6.04 Å². The van der Waals surface area contributed by atoms with Crippen molar-refractivity contribution in [1.29, 1.82) is 5.26 Å². The van der Waals surface area contributed by atoms with E-state index in [9.17, 15) is 4.79 Å². The number of aryl methyl sites for hydroxylation is 1. The molecule has 5 nitrogen and oxygen atoms in total. The Morgan fingerprint density at radius 3 is 2.90 bits per heavy atom. The van der Waals surface area contributed by atoms with E-state index >= 15 is 0 Å². The maximum atomic E-state index is 12.1. The van der Waals surface area contributed by atoms with Crippen LogP contribution in [0.5, 0.6) is 0 Å². The average molecular weight is 286 g/mol. The van der Waals surface area contributed by atoms with Crippen LogP contribution in [0, 0.1) is 11.3 Å². The number of nitriles is 1. The van der Waals surface area contributed by atoms with Crippen LogP contribution in [0.15, 0.2) is 24.3 Å². The van der Waals surface area contributed by atoms with Gasteiger partial charge in [0.15, 0.2) is 0 Å². The van der Waals surface area contributed by atoms with Crippen LogP contribution >= 0.6 is 0 Å². The fraction of sp³-hybridized carbons (Fsp3) is 0.500. The summed E-state index contributed by atoms with van der Waals surface area (Å²) < 4.78 is 0. The number of nitrogens with one attached hydrogen (secondary N) is 2. The number of hydrogen-bond donors (Lipinski definition) is 2. The molecule has 0 saturated carbocycles. The summed E-state index contributed by atoms with van der Waals surface area (Å²) in [6, 6.07) is 9.96. The standard InChI is InChI=1S/C16H22N4O/c1-2-3-13-4-6-14(7-5-13)19-16(21)12-20-9-8-18-11-15(20)10-17/h4-7,15,18H,2-3,8-9,11-12H2,1H3,(H,19,21). The Labute approximate surface area is 125 Å². The van der Waals surface area contributed by atoms with Crippen LogP contribution in [-0.2, 0) is 11.2 Å². The molecule has 21 heavy (non-hydrogen) atoms. The van der Waals surface area contributed by atoms with Gasteiger partial charge in [-0.25, -0.2) is 0 Å². The molecule has 1 saturated heterocycles. The first-order valence-electron chi connectivity index (χ1n) is 7.46. The summed E-state index contributed by atoms with van der Waals surface area (Å²) in [6.45, 7) is 4.57. The van der Waals surface area contributed by atoms with Crippen LogP contribution in [0.4, 0.5) is 5.69 Å². The molecule has 1 aliphatic heterocycles. The SMILES string of the molecule is CCCc1ccc(NC(=O)CN2CCNCC2C#N)cc1. The number of carbonyl (C=O) groups excluding carboxylic acids is 1. The van der Waals surface area contributed by atoms with E-state index in [1.54, 1.807) is 0 Å². The zero-order valence-electron chi connectivity index (χ0n) is 12.4. The van der Waals surface area contributed by atoms with E-state index in [4.69, 9.17) is 5.26 Å². The number of nitrogens with zero attached hydrogens (tertiary/aromatic N) is 2. The Kier molecular flexibility index (Phi) is 5.73. The highest BCUT2D eigenvalue weighted by atomic mass is 16.2. The molecule has 1 heterocycles. The lowest BCUT2D eigenvalue weighted by atomic mass is 10.1. The van der Waals surface area contributed by atoms with Crippen molar-refractivity contribution in [2.24, 2.45) is 0 Å². The molecule has 0 bridgehead atoms. The van der Waals surface area contributed by atoms with Crippen LogP contribution < -0.4 is 10.6 Å². The Hall–Kier alpha value is -1.90. The van der Waals surface area contributed by atoms with Crippen molar-refractivity contribution in [2.45, 2.75) is 25.8 Å². The molecule has 2 N–H and O–H groups in total. The van der Waals surface area contributed by atoms with Gasteiger partial charge >= 0.3 is 0 Å². The largest absolute Gasteiger partial charge is 0.325 e. The van der Waals surface area contributed by atoms with Crippen LogP contribution in [0.3, 0.4) is 0 Å². The lowest BCUT2D eigenvalue weighted by Crippen LogP contribution is -2.52. The monoisotopic (exact) mass is 286 g/mol. The van der Waals surface area contributed by atoms with Crippen molar-refractivity contribution in [3.63, 3.8) is 0 Å². The molecule has 0 aromatic heterocycles. The number of hydrogen-bond acceptors (Lipinski definition) is 4. The van der Waals surface area contributed by atoms with Crippen molar-refractivity contribution in [2.75, 3.05) is 31.5 Å². The molecule has 0 radical (unpaired) electrons. The minimum absolute atomic E-state index is 0.0691. The Morgan fingerprint density at radius 1 is 1.48 bits per heavy atom. The highest BCUT2D eigenvalue weighted by molar-refractivity contribution is 5.92. The summed E-state index contributed by atoms with van der Waals surface area (Å²) in [6.07, 6.45) is 2.17. The molecule has 1 atom stereocenters. The topological polar surface area (TPSA) is 68.2 Å². The third-order valence-electron chi connectivity index (χ3n) is 3.63. The van der Waals surface area contributed by atoms with Gasteiger partial charge in [-0.3, -0.25) is 9.69 Å². The first kappa shape index (κ1) is 15.5. The van der Waals surface area contributed by atoms with Gasteiger partial charge in [0.05, 0.1) is 12.6 Å². The van der Waals surface area contributed by atoms with Gasteiger partial charge in [0, 0.05) is 25.3 Å². The molecule has 1 aromatic rings. The van der Waals surface area contributed by atoms with Gasteiger partial charge in [-0.05, 0) is 24.1 Å². The third kappa shape index (κ3) is 4.55. The number of anilines is 1. The third-order valence-corrected chi connectivity index (χ3v) is 3.63. The fourth-order valence-corrected chi connectivity index (χ4v) is 2.49. The van der Waals surface area contributed by atoms with Gasteiger partial charge in [-0.15, -0.1) is 0 Å². The molecule has 0 aliphatic carbocycles. The first-order chi connectivity index (χ1) is 10.2. The van der Waals surface area contributed by atoms with E-state index in [0.29, 0.717) is 6.54 Å². The number of rotatable bonds is 5. The molecule has 1 aromatic carbocycles. The van der Waals surface area contributed by atoms with Gasteiger partial charge in [0.2, 0.25) is 5.91 Å². The average Bonchev–Trinajstić information content (AvgIpc) is 2.50. The second-order valence-electron chi connectivity index (χ2n) is 5.31. The lowest BCUT2D eigenvalue weighted by Gasteiger charge is -2.31. The van der Waals surface area contributed by atoms with Crippen LogP contribution in [0.1, 0.15) is 18.9 Å². The van der Waals surface area contributed by atoms with E-state index in [1.165, 1.54) is 5.56 Å². The summed E-state index contributed by atoms with van der Waals surface area (Å²) in [5.41, 5.74) is 2.09. The first-order valence-corrected chi connectivity index (χ1v) is 7.46. The molecule has 5 heteroatoms. The zero-order valence-corrected chi connectivity index (χ0v) is 12.4. The number of piperazine rings is 1. The predicted octanol–water partition coefficient (Wildman–Crippen LogP) is 1.37. The van der Waals surface area contributed by atoms with Gasteiger partial charge in [-0.2, -0.15) is 5.26 Å². The molecule has 1 amide bonds. The van der Waals surface area contributed by atoms with Crippen LogP contribution in [-0.4, -0.2) is 43.0 Å². The molecule has 2 rings (SSSR count). The second-order valence-corrected chi connectivity index (χ2v) is 5.31. The number of benzene rings is 1. The van der Waals surface area contributed by atoms with Crippen molar-refractivity contribution in [3.8, 4) is 6.07 Å². The van der Waals surface area contributed by atoms with Crippen molar-refractivity contribution in [3.05, 3.63) is 29.8 Å². The Balaban J connectivity index is 1.87. The summed E-state index contributed by atoms with van der Waals surface area (Å²) >= 11 is 0. The Bertz CT molecular complexity index is 506. The summed E-state index contributed by atoms with van der Waals surface area (Å²) in [7, 11) is 0. The maximum Gasteiger partial charge on any atom is 0.238 e. The smallest absolute Gasteiger partial charge is 0.238 e. The molecule has 1 fully saturated rings. The van der Waals surface area contributed by atoms with Crippen molar-refractivity contribution >= 4 is 11.6 Å². The van der Waals surface area contributed by atoms with Gasteiger partial charge < -0.3 is 10.6 Å². The van der Waals surface area contributed by atoms with E-state index in [2.05, 4.69) is 23.6 Å². The molecule has 0 spiro atoms. The lowest BCUT2D eigenvalue weighted by molar-refractivity contribution is -0.117. The number of amides is 1. The van der Waals surface area contributed by atoms with E-state index < -0.39 is 0 Å². The molecular weight excluding hydrogens is 264 g/mol. The van der Waals surface area contributed by atoms with Gasteiger partial charge in [0.25, 0.3) is 0 Å². The zero-order chi connectivity index (χ0) is 15.1. The van der Waals surface area contributed by atoms with E-state index in [1.807, 2.05) is 29.2 Å². The molecule has 112 valence electrons. The quantitative estimate of drug-likeness (QED) is 0.858. The fourth-order valence-electron chi connectivity index (χ4n) is 2.49. The van der Waals surface area contributed by atoms with Gasteiger partial charge in [-0.1, -0.05) is 25.5 Å². The number of carbonyl (C=O) groups is 1. The van der Waals surface area contributed by atoms with E-state index in [-0.39, 0.29) is 18.5 Å². The van der Waals surface area contributed by atoms with Crippen LogP contribution in [0.25, 0.3) is 0 Å². The van der Waals surface area contributed by atoms with Crippen molar-refractivity contribution < 1.29 is 4.79 Å². The van der Waals surface area contributed by atoms with Crippen molar-refractivity contribution in [1.82, 2.24) is 10.2 Å². The molecule has 1 unspecified atom stereocenters. The highest BCUT2D eigenvalue weighted by Gasteiger charge is 2.23. The normalized spacial score (nSPS) is 19.0. The summed E-state index contributed by atoms with van der Waals surface area (Å²) in [5.74, 6) is -0.0691. The minimum Gasteiger partial charge on any atom is -0.325 e. The predicted molar refractivity (Wildman–Crippen MR) is 82.9 cm³/mol. The molecular formula is C16H22N4O. The highest BCUT2D eigenvalue weighted by Crippen LogP contribution is 2.11. The summed E-state index contributed by atoms with van der Waals surface area (Å²) in [5, 5.41) is 15.1. The van der Waals surface area contributed by atoms with Crippen LogP contribution in [0.2, 0.25) is 0 Å². The maximum absolute atomic E-state index is 12.1. The molecule has 1 aliphatic rings. The minimum atomic E-state index is -0.226. The summed E-state index contributed by atoms with van der Waals surface area (Å²) in [4.78, 5) is 14.0. The Morgan fingerprint density at radius 2 is 2.24 bits per heavy atom. The van der Waals surface area contributed by atoms with E-state index in [0.717, 1.165) is 31.6 Å². The second kappa shape index (κ2) is 7.77.